The average Bonchev–Trinajstić information content (AvgIpc) is 2.39. The van der Waals surface area contributed by atoms with E-state index in [0.717, 1.165) is 16.7 Å². The van der Waals surface area contributed by atoms with Crippen LogP contribution in [-0.4, -0.2) is 20.8 Å². The van der Waals surface area contributed by atoms with Gasteiger partial charge in [0, 0.05) is 7.05 Å². The summed E-state index contributed by atoms with van der Waals surface area (Å²) >= 11 is 0. The third kappa shape index (κ3) is 2.11. The highest BCUT2D eigenvalue weighted by molar-refractivity contribution is 5.82. The summed E-state index contributed by atoms with van der Waals surface area (Å²) < 4.78 is 40.4. The largest absolute Gasteiger partial charge is 0.417 e. The van der Waals surface area contributed by atoms with Crippen LogP contribution in [-0.2, 0) is 19.8 Å². The quantitative estimate of drug-likeness (QED) is 0.885. The molecule has 2 aromatic rings. The van der Waals surface area contributed by atoms with Gasteiger partial charge >= 0.3 is 11.9 Å². The van der Waals surface area contributed by atoms with E-state index in [9.17, 15) is 22.8 Å². The Morgan fingerprint density at radius 2 is 1.90 bits per heavy atom. The Morgan fingerprint density at radius 3 is 2.45 bits per heavy atom. The molecule has 0 fully saturated rings. The first-order valence-electron chi connectivity index (χ1n) is 5.69. The Hall–Kier alpha value is -2.09. The third-order valence-corrected chi connectivity index (χ3v) is 3.01. The number of benzene rings is 1. The predicted octanol–water partition coefficient (Wildman–Crippen LogP) is 0.711. The summed E-state index contributed by atoms with van der Waals surface area (Å²) in [7, 11) is 1.28. The lowest BCUT2D eigenvalue weighted by atomic mass is 10.1. The van der Waals surface area contributed by atoms with Gasteiger partial charge in [-0.1, -0.05) is 6.07 Å². The fourth-order valence-electron chi connectivity index (χ4n) is 2.08. The molecular weight excluding hydrogens is 277 g/mol. The zero-order valence-electron chi connectivity index (χ0n) is 10.4. The molecule has 20 heavy (non-hydrogen) atoms. The van der Waals surface area contributed by atoms with E-state index in [2.05, 4.69) is 0 Å². The van der Waals surface area contributed by atoms with Gasteiger partial charge in [-0.05, 0) is 12.1 Å². The maximum Gasteiger partial charge on any atom is 0.417 e. The third-order valence-electron chi connectivity index (χ3n) is 3.01. The maximum absolute atomic E-state index is 13.0. The number of aliphatic hydroxyl groups is 1. The van der Waals surface area contributed by atoms with Crippen LogP contribution >= 0.6 is 0 Å². The number of hydrogen-bond donors (Lipinski definition) is 1. The van der Waals surface area contributed by atoms with Crippen molar-refractivity contribution in [2.45, 2.75) is 12.7 Å². The highest BCUT2D eigenvalue weighted by Crippen LogP contribution is 2.32. The van der Waals surface area contributed by atoms with Crippen molar-refractivity contribution < 1.29 is 18.3 Å². The van der Waals surface area contributed by atoms with E-state index in [0.29, 0.717) is 4.57 Å². The summed E-state index contributed by atoms with van der Waals surface area (Å²) in [6, 6.07) is 3.20. The predicted molar refractivity (Wildman–Crippen MR) is 65.5 cm³/mol. The number of aryl methyl sites for hydroxylation is 1. The Bertz CT molecular complexity index is 774. The smallest absolute Gasteiger partial charge is 0.395 e. The van der Waals surface area contributed by atoms with Crippen LogP contribution in [0.2, 0.25) is 0 Å². The molecule has 1 aromatic carbocycles. The summed E-state index contributed by atoms with van der Waals surface area (Å²) in [5, 5.41) is 8.26. The van der Waals surface area contributed by atoms with Crippen LogP contribution in [0.3, 0.4) is 0 Å². The lowest BCUT2D eigenvalue weighted by Crippen LogP contribution is -2.40. The fourth-order valence-corrected chi connectivity index (χ4v) is 2.08. The molecule has 2 rings (SSSR count). The molecule has 0 aliphatic rings. The number of aliphatic hydroxyl groups excluding tert-OH is 1. The van der Waals surface area contributed by atoms with E-state index < -0.39 is 35.0 Å². The molecule has 0 radical (unpaired) electrons. The molecule has 0 atom stereocenters. The number of alkyl halides is 3. The van der Waals surface area contributed by atoms with Gasteiger partial charge < -0.3 is 5.11 Å². The van der Waals surface area contributed by atoms with Crippen LogP contribution in [0.1, 0.15) is 5.56 Å². The van der Waals surface area contributed by atoms with Crippen LogP contribution in [0, 0.1) is 0 Å². The molecule has 0 bridgehead atoms. The van der Waals surface area contributed by atoms with Gasteiger partial charge in [-0.3, -0.25) is 13.9 Å². The minimum atomic E-state index is -4.70. The average molecular weight is 288 g/mol. The maximum atomic E-state index is 13.0. The number of rotatable bonds is 2. The van der Waals surface area contributed by atoms with Crippen molar-refractivity contribution in [2.24, 2.45) is 7.05 Å². The van der Waals surface area contributed by atoms with Gasteiger partial charge in [0.15, 0.2) is 0 Å². The minimum absolute atomic E-state index is 0.0935. The molecule has 0 aliphatic heterocycles. The summed E-state index contributed by atoms with van der Waals surface area (Å²) in [4.78, 5) is 24.0. The number of aromatic nitrogens is 2. The van der Waals surface area contributed by atoms with Crippen LogP contribution in [0.5, 0.6) is 0 Å². The number of halogens is 3. The summed E-state index contributed by atoms with van der Waals surface area (Å²) in [5.41, 5.74) is -3.01. The van der Waals surface area contributed by atoms with E-state index in [1.54, 1.807) is 0 Å². The van der Waals surface area contributed by atoms with E-state index in [1.807, 2.05) is 0 Å². The highest BCUT2D eigenvalue weighted by atomic mass is 19.4. The monoisotopic (exact) mass is 288 g/mol. The minimum Gasteiger partial charge on any atom is -0.395 e. The van der Waals surface area contributed by atoms with E-state index >= 15 is 0 Å². The van der Waals surface area contributed by atoms with Crippen molar-refractivity contribution in [2.75, 3.05) is 6.61 Å². The van der Waals surface area contributed by atoms with Gasteiger partial charge in [-0.2, -0.15) is 13.2 Å². The molecule has 0 saturated heterocycles. The van der Waals surface area contributed by atoms with E-state index in [-0.39, 0.29) is 12.1 Å². The first-order chi connectivity index (χ1) is 9.29. The van der Waals surface area contributed by atoms with E-state index in [4.69, 9.17) is 5.11 Å². The standard InChI is InChI=1S/C12H11F3N2O3/c1-16-8-4-2-3-7(12(13,14)15)9(8)10(19)17(5-6-18)11(16)20/h2-4,18H,5-6H2,1H3. The first-order valence-corrected chi connectivity index (χ1v) is 5.69. The molecule has 0 aliphatic carbocycles. The van der Waals surface area contributed by atoms with Crippen molar-refractivity contribution >= 4 is 10.9 Å². The molecule has 0 saturated carbocycles. The zero-order valence-corrected chi connectivity index (χ0v) is 10.4. The van der Waals surface area contributed by atoms with Crippen LogP contribution in [0.4, 0.5) is 13.2 Å². The van der Waals surface area contributed by atoms with Gasteiger partial charge in [0.25, 0.3) is 5.56 Å². The molecule has 5 nitrogen and oxygen atoms in total. The molecule has 8 heteroatoms. The molecule has 1 N–H and O–H groups in total. The van der Waals surface area contributed by atoms with Crippen LogP contribution in [0.25, 0.3) is 10.9 Å². The first kappa shape index (κ1) is 14.3. The second kappa shape index (κ2) is 4.78. The van der Waals surface area contributed by atoms with Crippen molar-refractivity contribution in [3.8, 4) is 0 Å². The number of hydrogen-bond acceptors (Lipinski definition) is 3. The Balaban J connectivity index is 3.03. The second-order valence-electron chi connectivity index (χ2n) is 4.22. The molecule has 1 aromatic heterocycles. The summed E-state index contributed by atoms with van der Waals surface area (Å²) in [6.45, 7) is -0.873. The summed E-state index contributed by atoms with van der Waals surface area (Å²) in [5.74, 6) is 0. The van der Waals surface area contributed by atoms with Gasteiger partial charge in [-0.25, -0.2) is 4.79 Å². The number of fused-ring (bicyclic) bond motifs is 1. The fraction of sp³-hybridized carbons (Fsp3) is 0.333. The van der Waals surface area contributed by atoms with Gasteiger partial charge in [0.1, 0.15) is 0 Å². The molecule has 1 heterocycles. The second-order valence-corrected chi connectivity index (χ2v) is 4.22. The molecule has 0 amide bonds. The zero-order chi connectivity index (χ0) is 15.1. The lowest BCUT2D eigenvalue weighted by Gasteiger charge is -2.14. The Labute approximate surface area is 110 Å². The normalized spacial score (nSPS) is 12.1. The molecule has 0 unspecified atom stereocenters. The lowest BCUT2D eigenvalue weighted by molar-refractivity contribution is -0.136. The van der Waals surface area contributed by atoms with Crippen LogP contribution < -0.4 is 11.2 Å². The van der Waals surface area contributed by atoms with Crippen molar-refractivity contribution in [1.82, 2.24) is 9.13 Å². The Kier molecular flexibility index (Phi) is 3.43. The summed E-state index contributed by atoms with van der Waals surface area (Å²) in [6.07, 6.45) is -4.70. The SMILES string of the molecule is Cn1c(=O)n(CCO)c(=O)c2c(C(F)(F)F)cccc21. The van der Waals surface area contributed by atoms with E-state index in [1.165, 1.54) is 13.1 Å². The highest BCUT2D eigenvalue weighted by Gasteiger charge is 2.34. The topological polar surface area (TPSA) is 64.2 Å². The molecule has 108 valence electrons. The van der Waals surface area contributed by atoms with Gasteiger partial charge in [0.05, 0.1) is 29.6 Å². The molecule has 0 spiro atoms. The van der Waals surface area contributed by atoms with Crippen LogP contribution in [0.15, 0.2) is 27.8 Å². The van der Waals surface area contributed by atoms with Gasteiger partial charge in [-0.15, -0.1) is 0 Å². The van der Waals surface area contributed by atoms with Crippen molar-refractivity contribution in [1.29, 1.82) is 0 Å². The molecular formula is C12H11F3N2O3. The number of nitrogens with zero attached hydrogens (tertiary/aromatic N) is 2. The van der Waals surface area contributed by atoms with Crippen molar-refractivity contribution in [3.05, 3.63) is 44.6 Å². The van der Waals surface area contributed by atoms with Crippen molar-refractivity contribution in [3.63, 3.8) is 0 Å². The Morgan fingerprint density at radius 1 is 1.25 bits per heavy atom. The van der Waals surface area contributed by atoms with Gasteiger partial charge in [0.2, 0.25) is 0 Å².